The number of rotatable bonds is 5. The van der Waals surface area contributed by atoms with E-state index >= 15 is 0 Å². The minimum absolute atomic E-state index is 0.0683. The van der Waals surface area contributed by atoms with E-state index in [1.54, 1.807) is 6.07 Å². The fraction of sp³-hybridized carbons (Fsp3) is 0.643. The van der Waals surface area contributed by atoms with E-state index < -0.39 is 23.4 Å². The Labute approximate surface area is 239 Å². The van der Waals surface area contributed by atoms with Gasteiger partial charge in [-0.1, -0.05) is 0 Å². The Bertz CT molecular complexity index is 1060. The first-order valence-corrected chi connectivity index (χ1v) is 13.6. The van der Waals surface area contributed by atoms with Crippen LogP contribution in [0.1, 0.15) is 67.2 Å². The number of carbonyl (C=O) groups is 2. The van der Waals surface area contributed by atoms with Gasteiger partial charge in [-0.3, -0.25) is 9.59 Å². The summed E-state index contributed by atoms with van der Waals surface area (Å²) in [6, 6.07) is 4.71. The van der Waals surface area contributed by atoms with Crippen molar-refractivity contribution in [1.29, 1.82) is 0 Å². The van der Waals surface area contributed by atoms with Gasteiger partial charge in [0.25, 0.3) is 0 Å². The van der Waals surface area contributed by atoms with E-state index in [1.165, 1.54) is 6.07 Å². The average Bonchev–Trinajstić information content (AvgIpc) is 3.52. The summed E-state index contributed by atoms with van der Waals surface area (Å²) in [4.78, 5) is 25.2. The molecule has 13 heteroatoms. The van der Waals surface area contributed by atoms with E-state index in [-0.39, 0.29) is 23.5 Å². The molecule has 2 fully saturated rings. The topological polar surface area (TPSA) is 119 Å². The minimum atomic E-state index is -0.772. The highest BCUT2D eigenvalue weighted by Gasteiger charge is 2.28. The highest BCUT2D eigenvalue weighted by molar-refractivity contribution is 5.70. The molecule has 0 unspecified atom stereocenters. The Morgan fingerprint density at radius 1 is 0.805 bits per heavy atom. The Kier molecular flexibility index (Phi) is 12.9. The zero-order valence-corrected chi connectivity index (χ0v) is 24.6. The lowest BCUT2D eigenvalue weighted by atomic mass is 10.1. The van der Waals surface area contributed by atoms with E-state index in [0.717, 1.165) is 51.2 Å². The van der Waals surface area contributed by atoms with Crippen LogP contribution in [0.15, 0.2) is 24.3 Å². The number of nitrogens with zero attached hydrogens (tertiary/aromatic N) is 5. The summed E-state index contributed by atoms with van der Waals surface area (Å²) < 4.78 is 46.8. The number of anilines is 1. The number of ether oxygens (including phenoxy) is 2. The summed E-state index contributed by atoms with van der Waals surface area (Å²) in [5.74, 6) is -0.989. The van der Waals surface area contributed by atoms with Gasteiger partial charge in [-0.15, -0.1) is 20.4 Å². The average molecular weight is 583 g/mol. The molecule has 2 saturated heterocycles. The first kappa shape index (κ1) is 33.9. The first-order valence-electron chi connectivity index (χ1n) is 13.6. The lowest BCUT2D eigenvalue weighted by molar-refractivity contribution is -0.157. The van der Waals surface area contributed by atoms with Crippen molar-refractivity contribution in [2.24, 2.45) is 11.8 Å². The molecule has 0 aromatic carbocycles. The second-order valence-electron chi connectivity index (χ2n) is 11.9. The molecule has 0 radical (unpaired) electrons. The molecular formula is C28H41F3N6O4. The number of nitrogens with one attached hydrogen (secondary N) is 1. The van der Waals surface area contributed by atoms with Gasteiger partial charge in [0, 0.05) is 19.5 Å². The van der Waals surface area contributed by atoms with E-state index in [4.69, 9.17) is 9.47 Å². The van der Waals surface area contributed by atoms with Crippen LogP contribution in [0.5, 0.6) is 0 Å². The zero-order chi connectivity index (χ0) is 30.6. The largest absolute Gasteiger partial charge is 0.460 e. The highest BCUT2D eigenvalue weighted by Crippen LogP contribution is 2.25. The van der Waals surface area contributed by atoms with Crippen LogP contribution in [0.4, 0.5) is 19.0 Å². The van der Waals surface area contributed by atoms with Gasteiger partial charge in [-0.05, 0) is 104 Å². The maximum Gasteiger partial charge on any atom is 0.306 e. The number of hydrogen-bond acceptors (Lipinski definition) is 10. The summed E-state index contributed by atoms with van der Waals surface area (Å²) in [6.07, 6.45) is 2.96. The Morgan fingerprint density at radius 3 is 1.71 bits per heavy atom. The van der Waals surface area contributed by atoms with Crippen molar-refractivity contribution in [3.8, 4) is 0 Å². The second-order valence-corrected chi connectivity index (χ2v) is 11.9. The summed E-state index contributed by atoms with van der Waals surface area (Å²) >= 11 is 0. The zero-order valence-electron chi connectivity index (χ0n) is 24.6. The second kappa shape index (κ2) is 15.6. The van der Waals surface area contributed by atoms with Gasteiger partial charge in [-0.2, -0.15) is 13.2 Å². The van der Waals surface area contributed by atoms with Crippen LogP contribution in [-0.2, 0) is 19.1 Å². The van der Waals surface area contributed by atoms with Gasteiger partial charge >= 0.3 is 11.9 Å². The van der Waals surface area contributed by atoms with Crippen molar-refractivity contribution >= 4 is 17.8 Å². The molecule has 2 aromatic heterocycles. The molecule has 10 nitrogen and oxygen atoms in total. The molecule has 0 bridgehead atoms. The third kappa shape index (κ3) is 14.7. The van der Waals surface area contributed by atoms with E-state index in [9.17, 15) is 22.8 Å². The predicted molar refractivity (Wildman–Crippen MR) is 146 cm³/mol. The predicted octanol–water partition coefficient (Wildman–Crippen LogP) is 4.26. The molecule has 0 saturated carbocycles. The highest BCUT2D eigenvalue weighted by atomic mass is 19.1. The number of aromatic nitrogens is 4. The third-order valence-electron chi connectivity index (χ3n) is 5.74. The van der Waals surface area contributed by atoms with Crippen molar-refractivity contribution in [3.63, 3.8) is 0 Å². The van der Waals surface area contributed by atoms with Gasteiger partial charge in [0.1, 0.15) is 11.2 Å². The molecule has 2 aliphatic rings. The summed E-state index contributed by atoms with van der Waals surface area (Å²) in [7, 11) is 0. The van der Waals surface area contributed by atoms with E-state index in [1.807, 2.05) is 46.4 Å². The van der Waals surface area contributed by atoms with Crippen molar-refractivity contribution in [3.05, 3.63) is 42.1 Å². The molecule has 0 amide bonds. The minimum Gasteiger partial charge on any atom is -0.460 e. The SMILES string of the molecule is CC(C)(C)OC(=O)C[C@@H]1CCN(c2ccc(F)nn2)C1.CC(C)(C)OC(=O)C[C@@H]1CCNC1.Fc1ccc(F)nn1. The third-order valence-corrected chi connectivity index (χ3v) is 5.74. The monoisotopic (exact) mass is 582 g/mol. The Hall–Kier alpha value is -3.35. The quantitative estimate of drug-likeness (QED) is 0.512. The number of halogens is 3. The lowest BCUT2D eigenvalue weighted by Crippen LogP contribution is -2.26. The molecule has 2 aromatic rings. The molecule has 1 N–H and O–H groups in total. The number of esters is 2. The maximum atomic E-state index is 12.7. The molecule has 2 aliphatic heterocycles. The van der Waals surface area contributed by atoms with Gasteiger partial charge in [0.05, 0.1) is 6.42 Å². The van der Waals surface area contributed by atoms with Crippen molar-refractivity contribution in [2.75, 3.05) is 31.1 Å². The molecule has 0 aliphatic carbocycles. The molecule has 0 spiro atoms. The summed E-state index contributed by atoms with van der Waals surface area (Å²) in [5.41, 5.74) is -0.791. The fourth-order valence-corrected chi connectivity index (χ4v) is 4.11. The van der Waals surface area contributed by atoms with E-state index in [2.05, 4.69) is 25.7 Å². The maximum absolute atomic E-state index is 12.7. The Morgan fingerprint density at radius 2 is 1.29 bits per heavy atom. The summed E-state index contributed by atoms with van der Waals surface area (Å²) in [6.45, 7) is 14.8. The Balaban J connectivity index is 0.000000239. The van der Waals surface area contributed by atoms with Crippen molar-refractivity contribution < 1.29 is 32.2 Å². The van der Waals surface area contributed by atoms with Crippen LogP contribution in [0.25, 0.3) is 0 Å². The summed E-state index contributed by atoms with van der Waals surface area (Å²) in [5, 5.41) is 16.0. The normalized spacial score (nSPS) is 18.5. The van der Waals surface area contributed by atoms with Crippen molar-refractivity contribution in [2.45, 2.75) is 78.4 Å². The van der Waals surface area contributed by atoms with Crippen LogP contribution in [0.3, 0.4) is 0 Å². The van der Waals surface area contributed by atoms with Crippen LogP contribution in [0.2, 0.25) is 0 Å². The van der Waals surface area contributed by atoms with Crippen LogP contribution >= 0.6 is 0 Å². The standard InChI is InChI=1S/C14H20FN3O2.C10H19NO2.C4H2F2N2/c1-14(2,3)20-13(19)8-10-6-7-18(9-10)12-5-4-11(15)16-17-12;1-10(2,3)13-9(12)6-8-4-5-11-7-8;5-3-1-2-4(6)8-7-3/h4-5,10H,6-9H2,1-3H3;8,11H,4-7H2,1-3H3;1-2H/t10-;8-;/m00./s1. The number of hydrogen-bond donors (Lipinski definition) is 1. The fourth-order valence-electron chi connectivity index (χ4n) is 4.11. The van der Waals surface area contributed by atoms with Gasteiger partial charge in [0.15, 0.2) is 5.82 Å². The van der Waals surface area contributed by atoms with E-state index in [0.29, 0.717) is 24.6 Å². The van der Waals surface area contributed by atoms with Crippen LogP contribution in [0, 0.1) is 29.7 Å². The van der Waals surface area contributed by atoms with Gasteiger partial charge in [-0.25, -0.2) is 0 Å². The molecule has 4 heterocycles. The van der Waals surface area contributed by atoms with Crippen molar-refractivity contribution in [1.82, 2.24) is 25.7 Å². The number of carbonyl (C=O) groups excluding carboxylic acids is 2. The van der Waals surface area contributed by atoms with Crippen LogP contribution in [-0.4, -0.2) is 69.7 Å². The molecular weight excluding hydrogens is 541 g/mol. The molecule has 41 heavy (non-hydrogen) atoms. The first-order chi connectivity index (χ1) is 19.1. The molecule has 228 valence electrons. The van der Waals surface area contributed by atoms with Gasteiger partial charge in [0.2, 0.25) is 17.8 Å². The smallest absolute Gasteiger partial charge is 0.306 e. The lowest BCUT2D eigenvalue weighted by Gasteiger charge is -2.21. The van der Waals surface area contributed by atoms with Gasteiger partial charge < -0.3 is 19.7 Å². The molecule has 4 rings (SSSR count). The van der Waals surface area contributed by atoms with Crippen LogP contribution < -0.4 is 10.2 Å². The molecule has 2 atom stereocenters.